The van der Waals surface area contributed by atoms with E-state index in [1.165, 1.54) is 16.4 Å². The minimum Gasteiger partial charge on any atom is -0.314 e. The Morgan fingerprint density at radius 3 is 2.93 bits per heavy atom. The number of piperazine rings is 1. The summed E-state index contributed by atoms with van der Waals surface area (Å²) in [7, 11) is 0. The predicted octanol–water partition coefficient (Wildman–Crippen LogP) is 1.24. The smallest absolute Gasteiger partial charge is 0.0746 e. The Labute approximate surface area is 93.2 Å². The predicted molar refractivity (Wildman–Crippen MR) is 60.1 cm³/mol. The Balaban J connectivity index is 1.79. The molecule has 2 heterocycles. The highest BCUT2D eigenvalue weighted by Gasteiger charge is 2.10. The third-order valence-electron chi connectivity index (χ3n) is 2.46. The molecule has 0 spiro atoms. The van der Waals surface area contributed by atoms with Gasteiger partial charge in [0.15, 0.2) is 0 Å². The summed E-state index contributed by atoms with van der Waals surface area (Å²) in [6.45, 7) is 5.61. The molecule has 0 atom stereocenters. The van der Waals surface area contributed by atoms with Gasteiger partial charge in [-0.05, 0) is 18.0 Å². The molecule has 0 aliphatic carbocycles. The average molecular weight is 232 g/mol. The molecule has 3 nitrogen and oxygen atoms in total. The summed E-state index contributed by atoms with van der Waals surface area (Å²) in [6.07, 6.45) is 2.77. The van der Waals surface area contributed by atoms with Gasteiger partial charge >= 0.3 is 0 Å². The lowest BCUT2D eigenvalue weighted by Crippen LogP contribution is -2.44. The van der Waals surface area contributed by atoms with Crippen LogP contribution in [0.4, 0.5) is 0 Å². The molecule has 1 aliphatic rings. The van der Waals surface area contributed by atoms with E-state index in [9.17, 15) is 0 Å². The maximum atomic E-state index is 5.97. The third kappa shape index (κ3) is 2.67. The van der Waals surface area contributed by atoms with Crippen molar-refractivity contribution in [1.82, 2.24) is 14.6 Å². The highest BCUT2D eigenvalue weighted by molar-refractivity contribution is 7.06. The van der Waals surface area contributed by atoms with Gasteiger partial charge in [0.1, 0.15) is 0 Å². The molecule has 1 aromatic heterocycles. The Kier molecular flexibility index (Phi) is 3.75. The van der Waals surface area contributed by atoms with Crippen LogP contribution < -0.4 is 5.32 Å². The van der Waals surface area contributed by atoms with Gasteiger partial charge in [-0.15, -0.1) is 0 Å². The van der Waals surface area contributed by atoms with Crippen LogP contribution >= 0.6 is 23.1 Å². The van der Waals surface area contributed by atoms with Crippen LogP contribution in [0.2, 0.25) is 5.02 Å². The van der Waals surface area contributed by atoms with Crippen molar-refractivity contribution in [3.05, 3.63) is 16.1 Å². The molecule has 0 radical (unpaired) electrons. The van der Waals surface area contributed by atoms with E-state index in [1.54, 1.807) is 6.20 Å². The second kappa shape index (κ2) is 5.07. The first-order valence-corrected chi connectivity index (χ1v) is 6.03. The van der Waals surface area contributed by atoms with Crippen molar-refractivity contribution in [3.63, 3.8) is 0 Å². The van der Waals surface area contributed by atoms with Gasteiger partial charge in [-0.25, -0.2) is 0 Å². The van der Waals surface area contributed by atoms with Crippen LogP contribution in [0, 0.1) is 0 Å². The molecule has 0 unspecified atom stereocenters. The van der Waals surface area contributed by atoms with Crippen molar-refractivity contribution in [2.45, 2.75) is 6.42 Å². The van der Waals surface area contributed by atoms with E-state index in [4.69, 9.17) is 11.6 Å². The summed E-state index contributed by atoms with van der Waals surface area (Å²) in [6, 6.07) is 0. The lowest BCUT2D eigenvalue weighted by Gasteiger charge is -2.26. The second-order valence-corrected chi connectivity index (χ2v) is 4.73. The fourth-order valence-electron chi connectivity index (χ4n) is 1.61. The zero-order chi connectivity index (χ0) is 9.80. The number of nitrogens with one attached hydrogen (secondary N) is 1. The number of rotatable bonds is 3. The van der Waals surface area contributed by atoms with E-state index in [-0.39, 0.29) is 0 Å². The van der Waals surface area contributed by atoms with Crippen molar-refractivity contribution in [2.24, 2.45) is 0 Å². The Bertz CT molecular complexity index is 283. The zero-order valence-electron chi connectivity index (χ0n) is 8.00. The molecule has 1 aromatic rings. The van der Waals surface area contributed by atoms with E-state index < -0.39 is 0 Å². The largest absolute Gasteiger partial charge is 0.314 e. The lowest BCUT2D eigenvalue weighted by atomic mass is 10.3. The summed E-state index contributed by atoms with van der Waals surface area (Å²) >= 11 is 7.49. The minimum atomic E-state index is 0.824. The Morgan fingerprint density at radius 1 is 1.50 bits per heavy atom. The second-order valence-electron chi connectivity index (χ2n) is 3.44. The first-order chi connectivity index (χ1) is 6.86. The van der Waals surface area contributed by atoms with Gasteiger partial charge in [0.25, 0.3) is 0 Å². The number of halogens is 1. The van der Waals surface area contributed by atoms with E-state index in [0.717, 1.165) is 44.2 Å². The maximum Gasteiger partial charge on any atom is 0.0746 e. The molecule has 2 rings (SSSR count). The number of aromatic nitrogens is 1. The van der Waals surface area contributed by atoms with Gasteiger partial charge in [-0.2, -0.15) is 4.37 Å². The minimum absolute atomic E-state index is 0.824. The molecule has 5 heteroatoms. The number of hydrogen-bond donors (Lipinski definition) is 1. The Morgan fingerprint density at radius 2 is 2.29 bits per heavy atom. The Hall–Kier alpha value is -0.160. The molecule has 0 aromatic carbocycles. The van der Waals surface area contributed by atoms with Gasteiger partial charge in [0.2, 0.25) is 0 Å². The molecular weight excluding hydrogens is 218 g/mol. The maximum absolute atomic E-state index is 5.97. The molecule has 78 valence electrons. The molecule has 1 fully saturated rings. The summed E-state index contributed by atoms with van der Waals surface area (Å²) in [5, 5.41) is 4.17. The first kappa shape index (κ1) is 10.4. The van der Waals surface area contributed by atoms with Gasteiger partial charge in [-0.3, -0.25) is 0 Å². The molecule has 1 aliphatic heterocycles. The van der Waals surface area contributed by atoms with E-state index >= 15 is 0 Å². The summed E-state index contributed by atoms with van der Waals surface area (Å²) in [5.41, 5.74) is 0. The van der Waals surface area contributed by atoms with Crippen LogP contribution in [0.5, 0.6) is 0 Å². The van der Waals surface area contributed by atoms with Crippen LogP contribution in [0.15, 0.2) is 6.20 Å². The van der Waals surface area contributed by atoms with Gasteiger partial charge < -0.3 is 10.2 Å². The van der Waals surface area contributed by atoms with E-state index in [1.807, 2.05) is 0 Å². The van der Waals surface area contributed by atoms with Gasteiger partial charge in [0, 0.05) is 37.6 Å². The van der Waals surface area contributed by atoms with Gasteiger partial charge in [-0.1, -0.05) is 11.6 Å². The number of nitrogens with zero attached hydrogens (tertiary/aromatic N) is 2. The van der Waals surface area contributed by atoms with E-state index in [0.29, 0.717) is 0 Å². The zero-order valence-corrected chi connectivity index (χ0v) is 9.57. The molecule has 1 N–H and O–H groups in total. The molecule has 0 bridgehead atoms. The first-order valence-electron chi connectivity index (χ1n) is 4.88. The van der Waals surface area contributed by atoms with E-state index in [2.05, 4.69) is 14.6 Å². The lowest BCUT2D eigenvalue weighted by molar-refractivity contribution is 0.244. The molecular formula is C9H14ClN3S. The standard InChI is InChI=1S/C9H14ClN3S/c10-8-7-12-14-9(8)1-4-13-5-2-11-3-6-13/h7,11H,1-6H2. The number of hydrogen-bond acceptors (Lipinski definition) is 4. The topological polar surface area (TPSA) is 28.2 Å². The van der Waals surface area contributed by atoms with Gasteiger partial charge in [0.05, 0.1) is 11.2 Å². The highest BCUT2D eigenvalue weighted by atomic mass is 35.5. The third-order valence-corrected chi connectivity index (χ3v) is 3.75. The summed E-state index contributed by atoms with van der Waals surface area (Å²) < 4.78 is 4.06. The van der Waals surface area contributed by atoms with Crippen molar-refractivity contribution in [3.8, 4) is 0 Å². The van der Waals surface area contributed by atoms with Crippen LogP contribution in [0.25, 0.3) is 0 Å². The van der Waals surface area contributed by atoms with Crippen LogP contribution in [0.1, 0.15) is 4.88 Å². The fourth-order valence-corrected chi connectivity index (χ4v) is 2.52. The average Bonchev–Trinajstić information content (AvgIpc) is 2.63. The summed E-state index contributed by atoms with van der Waals surface area (Å²) in [5.74, 6) is 0. The molecule has 14 heavy (non-hydrogen) atoms. The van der Waals surface area contributed by atoms with Crippen molar-refractivity contribution in [2.75, 3.05) is 32.7 Å². The molecule has 0 saturated carbocycles. The van der Waals surface area contributed by atoms with Crippen molar-refractivity contribution in [1.29, 1.82) is 0 Å². The SMILES string of the molecule is Clc1cnsc1CCN1CCNCC1. The van der Waals surface area contributed by atoms with Crippen LogP contribution in [-0.4, -0.2) is 42.0 Å². The van der Waals surface area contributed by atoms with Crippen molar-refractivity contribution >= 4 is 23.1 Å². The van der Waals surface area contributed by atoms with Crippen LogP contribution in [0.3, 0.4) is 0 Å². The van der Waals surface area contributed by atoms with Crippen LogP contribution in [-0.2, 0) is 6.42 Å². The molecule has 1 saturated heterocycles. The molecule has 0 amide bonds. The normalized spacial score (nSPS) is 18.6. The van der Waals surface area contributed by atoms with Crippen molar-refractivity contribution < 1.29 is 0 Å². The monoisotopic (exact) mass is 231 g/mol. The summed E-state index contributed by atoms with van der Waals surface area (Å²) in [4.78, 5) is 3.68. The highest BCUT2D eigenvalue weighted by Crippen LogP contribution is 2.19. The quantitative estimate of drug-likeness (QED) is 0.849. The fraction of sp³-hybridized carbons (Fsp3) is 0.667.